The number of carboxylic acids is 1. The first-order chi connectivity index (χ1) is 7.11. The van der Waals surface area contributed by atoms with Crippen molar-refractivity contribution in [1.82, 2.24) is 9.38 Å². The second kappa shape index (κ2) is 3.36. The number of nitrogens with zero attached hydrogens (tertiary/aromatic N) is 2. The molecule has 78 valence electrons. The molecule has 0 spiro atoms. The molecule has 0 saturated carbocycles. The fourth-order valence-electron chi connectivity index (χ4n) is 1.57. The molecule has 0 saturated heterocycles. The lowest BCUT2D eigenvalue weighted by atomic mass is 10.1. The van der Waals surface area contributed by atoms with Gasteiger partial charge in [0.25, 0.3) is 0 Å². The van der Waals surface area contributed by atoms with Crippen LogP contribution in [-0.2, 0) is 0 Å². The molecular formula is C10H10N2O3. The van der Waals surface area contributed by atoms with E-state index in [2.05, 4.69) is 4.98 Å². The Balaban J connectivity index is 2.81. The Morgan fingerprint density at radius 1 is 1.53 bits per heavy atom. The summed E-state index contributed by atoms with van der Waals surface area (Å²) in [5.74, 6) is -1.08. The van der Waals surface area contributed by atoms with Gasteiger partial charge in [-0.3, -0.25) is 0 Å². The third-order valence-corrected chi connectivity index (χ3v) is 2.26. The molecule has 2 N–H and O–H groups in total. The quantitative estimate of drug-likeness (QED) is 0.771. The molecule has 0 aliphatic carbocycles. The van der Waals surface area contributed by atoms with E-state index in [1.165, 1.54) is 13.1 Å². The number of pyridine rings is 1. The molecule has 2 aromatic heterocycles. The van der Waals surface area contributed by atoms with Gasteiger partial charge in [-0.25, -0.2) is 9.78 Å². The van der Waals surface area contributed by atoms with E-state index in [9.17, 15) is 9.90 Å². The van der Waals surface area contributed by atoms with E-state index in [1.54, 1.807) is 22.9 Å². The molecule has 1 atom stereocenters. The smallest absolute Gasteiger partial charge is 0.339 e. The van der Waals surface area contributed by atoms with Crippen LogP contribution in [0.15, 0.2) is 24.7 Å². The first-order valence-electron chi connectivity index (χ1n) is 4.48. The lowest BCUT2D eigenvalue weighted by molar-refractivity contribution is 0.0691. The van der Waals surface area contributed by atoms with Crippen LogP contribution in [0.2, 0.25) is 0 Å². The minimum absolute atomic E-state index is 0.0532. The van der Waals surface area contributed by atoms with Crippen molar-refractivity contribution < 1.29 is 15.0 Å². The topological polar surface area (TPSA) is 74.8 Å². The zero-order valence-corrected chi connectivity index (χ0v) is 8.08. The van der Waals surface area contributed by atoms with Crippen molar-refractivity contribution >= 4 is 11.6 Å². The number of hydrogen-bond acceptors (Lipinski definition) is 3. The number of carbonyl (C=O) groups is 1. The van der Waals surface area contributed by atoms with Crippen molar-refractivity contribution in [3.8, 4) is 0 Å². The summed E-state index contributed by atoms with van der Waals surface area (Å²) in [5, 5.41) is 18.5. The number of aromatic nitrogens is 2. The molecule has 5 heteroatoms. The van der Waals surface area contributed by atoms with Crippen LogP contribution in [0.3, 0.4) is 0 Å². The largest absolute Gasteiger partial charge is 0.478 e. The number of aliphatic hydroxyl groups excluding tert-OH is 1. The summed E-state index contributed by atoms with van der Waals surface area (Å²) in [6.07, 6.45) is 4.04. The van der Waals surface area contributed by atoms with Gasteiger partial charge in [-0.15, -0.1) is 0 Å². The minimum atomic E-state index is -1.08. The zero-order valence-electron chi connectivity index (χ0n) is 8.08. The monoisotopic (exact) mass is 206 g/mol. The van der Waals surface area contributed by atoms with E-state index in [-0.39, 0.29) is 5.56 Å². The molecule has 0 bridgehead atoms. The molecule has 0 radical (unpaired) electrons. The van der Waals surface area contributed by atoms with E-state index < -0.39 is 12.1 Å². The normalized spacial score (nSPS) is 12.9. The van der Waals surface area contributed by atoms with Crippen LogP contribution in [-0.4, -0.2) is 25.6 Å². The Kier molecular flexibility index (Phi) is 2.17. The van der Waals surface area contributed by atoms with Crippen LogP contribution < -0.4 is 0 Å². The van der Waals surface area contributed by atoms with E-state index in [1.807, 2.05) is 0 Å². The van der Waals surface area contributed by atoms with Gasteiger partial charge in [0.2, 0.25) is 0 Å². The van der Waals surface area contributed by atoms with Crippen LogP contribution >= 0.6 is 0 Å². The van der Waals surface area contributed by atoms with Crippen molar-refractivity contribution in [2.75, 3.05) is 0 Å². The fraction of sp³-hybridized carbons (Fsp3) is 0.200. The SMILES string of the molecule is CC(O)c1ccn2ccnc2c1C(=O)O. The number of rotatable bonds is 2. The van der Waals surface area contributed by atoms with E-state index in [4.69, 9.17) is 5.11 Å². The number of aromatic carboxylic acids is 1. The highest BCUT2D eigenvalue weighted by molar-refractivity contribution is 5.96. The van der Waals surface area contributed by atoms with Crippen molar-refractivity contribution in [3.63, 3.8) is 0 Å². The molecule has 0 aliphatic rings. The highest BCUT2D eigenvalue weighted by Gasteiger charge is 2.18. The summed E-state index contributed by atoms with van der Waals surface area (Å²) >= 11 is 0. The second-order valence-electron chi connectivity index (χ2n) is 3.29. The molecule has 0 amide bonds. The molecular weight excluding hydrogens is 196 g/mol. The average Bonchev–Trinajstić information content (AvgIpc) is 2.62. The summed E-state index contributed by atoms with van der Waals surface area (Å²) in [4.78, 5) is 15.0. The predicted molar refractivity (Wildman–Crippen MR) is 52.8 cm³/mol. The van der Waals surface area contributed by atoms with Gasteiger partial charge in [-0.2, -0.15) is 0 Å². The Labute approximate surface area is 85.6 Å². The van der Waals surface area contributed by atoms with Crippen LogP contribution in [0, 0.1) is 0 Å². The highest BCUT2D eigenvalue weighted by Crippen LogP contribution is 2.21. The van der Waals surface area contributed by atoms with Crippen molar-refractivity contribution in [3.05, 3.63) is 35.8 Å². The summed E-state index contributed by atoms with van der Waals surface area (Å²) in [6, 6.07) is 1.59. The number of hydrogen-bond donors (Lipinski definition) is 2. The minimum Gasteiger partial charge on any atom is -0.478 e. The van der Waals surface area contributed by atoms with Crippen LogP contribution in [0.4, 0.5) is 0 Å². The van der Waals surface area contributed by atoms with Crippen LogP contribution in [0.1, 0.15) is 28.9 Å². The van der Waals surface area contributed by atoms with Crippen LogP contribution in [0.5, 0.6) is 0 Å². The molecule has 1 unspecified atom stereocenters. The van der Waals surface area contributed by atoms with E-state index in [0.717, 1.165) is 0 Å². The maximum Gasteiger partial charge on any atom is 0.339 e. The highest BCUT2D eigenvalue weighted by atomic mass is 16.4. The van der Waals surface area contributed by atoms with Gasteiger partial charge in [-0.05, 0) is 18.6 Å². The molecule has 2 heterocycles. The van der Waals surface area contributed by atoms with Gasteiger partial charge in [0, 0.05) is 18.6 Å². The molecule has 2 rings (SSSR count). The first-order valence-corrected chi connectivity index (χ1v) is 4.48. The summed E-state index contributed by atoms with van der Waals surface area (Å²) in [6.45, 7) is 1.53. The Morgan fingerprint density at radius 3 is 2.87 bits per heavy atom. The Bertz CT molecular complexity index is 516. The fourth-order valence-corrected chi connectivity index (χ4v) is 1.57. The third-order valence-electron chi connectivity index (χ3n) is 2.26. The standard InChI is InChI=1S/C10H10N2O3/c1-6(13)7-2-4-12-5-3-11-9(12)8(7)10(14)15/h2-6,13H,1H3,(H,14,15). The lowest BCUT2D eigenvalue weighted by Gasteiger charge is -2.09. The summed E-state index contributed by atoms with van der Waals surface area (Å²) < 4.78 is 1.61. The second-order valence-corrected chi connectivity index (χ2v) is 3.29. The Hall–Kier alpha value is -1.88. The van der Waals surface area contributed by atoms with Gasteiger partial charge < -0.3 is 14.6 Å². The lowest BCUT2D eigenvalue weighted by Crippen LogP contribution is -2.08. The predicted octanol–water partition coefficient (Wildman–Crippen LogP) is 1.09. The van der Waals surface area contributed by atoms with Crippen molar-refractivity contribution in [2.45, 2.75) is 13.0 Å². The summed E-state index contributed by atoms with van der Waals surface area (Å²) in [7, 11) is 0. The number of aliphatic hydroxyl groups is 1. The van der Waals surface area contributed by atoms with Gasteiger partial charge in [0.1, 0.15) is 5.56 Å². The number of fused-ring (bicyclic) bond motifs is 1. The van der Waals surface area contributed by atoms with Gasteiger partial charge in [0.05, 0.1) is 6.10 Å². The molecule has 0 aliphatic heterocycles. The molecule has 0 fully saturated rings. The maximum atomic E-state index is 11.1. The van der Waals surface area contributed by atoms with Crippen LogP contribution in [0.25, 0.3) is 5.65 Å². The van der Waals surface area contributed by atoms with Gasteiger partial charge >= 0.3 is 5.97 Å². The van der Waals surface area contributed by atoms with Crippen molar-refractivity contribution in [2.24, 2.45) is 0 Å². The van der Waals surface area contributed by atoms with E-state index in [0.29, 0.717) is 11.2 Å². The maximum absolute atomic E-state index is 11.1. The molecule has 2 aromatic rings. The van der Waals surface area contributed by atoms with E-state index >= 15 is 0 Å². The molecule has 5 nitrogen and oxygen atoms in total. The van der Waals surface area contributed by atoms with Gasteiger partial charge in [-0.1, -0.05) is 0 Å². The zero-order chi connectivity index (χ0) is 11.0. The number of carboxylic acid groups (broad SMARTS) is 1. The third kappa shape index (κ3) is 1.46. The number of imidazole rings is 1. The Morgan fingerprint density at radius 2 is 2.27 bits per heavy atom. The molecule has 15 heavy (non-hydrogen) atoms. The summed E-state index contributed by atoms with van der Waals surface area (Å²) in [5.41, 5.74) is 0.777. The first kappa shape index (κ1) is 9.67. The van der Waals surface area contributed by atoms with Crippen molar-refractivity contribution in [1.29, 1.82) is 0 Å². The average molecular weight is 206 g/mol. The van der Waals surface area contributed by atoms with Gasteiger partial charge in [0.15, 0.2) is 5.65 Å². The molecule has 0 aromatic carbocycles.